The first kappa shape index (κ1) is 14.5. The molecule has 6 heteroatoms. The highest BCUT2D eigenvalue weighted by atomic mass is 16.5. The Hall–Kier alpha value is -2.08. The molecule has 2 aliphatic rings. The van der Waals surface area contributed by atoms with Gasteiger partial charge in [0.2, 0.25) is 0 Å². The van der Waals surface area contributed by atoms with Crippen molar-refractivity contribution < 1.29 is 9.53 Å². The number of aryl methyl sites for hydroxylation is 1. The second-order valence-electron chi connectivity index (χ2n) is 6.87. The minimum atomic E-state index is -0.169. The van der Waals surface area contributed by atoms with Crippen LogP contribution < -0.4 is 5.69 Å². The third-order valence-electron chi connectivity index (χ3n) is 5.11. The van der Waals surface area contributed by atoms with Crippen LogP contribution in [0.25, 0.3) is 11.0 Å². The Kier molecular flexibility index (Phi) is 3.13. The monoisotopic (exact) mass is 315 g/mol. The molecule has 0 radical (unpaired) electrons. The molecule has 2 heterocycles. The van der Waals surface area contributed by atoms with Crippen molar-refractivity contribution in [2.75, 3.05) is 13.1 Å². The molecule has 1 aromatic carbocycles. The summed E-state index contributed by atoms with van der Waals surface area (Å²) >= 11 is 0. The zero-order valence-corrected chi connectivity index (χ0v) is 13.5. The summed E-state index contributed by atoms with van der Waals surface area (Å²) in [5, 5.41) is 0. The van der Waals surface area contributed by atoms with Gasteiger partial charge in [-0.1, -0.05) is 0 Å². The van der Waals surface area contributed by atoms with Crippen molar-refractivity contribution in [3.05, 3.63) is 34.2 Å². The van der Waals surface area contributed by atoms with Gasteiger partial charge in [-0.3, -0.25) is 9.36 Å². The maximum Gasteiger partial charge on any atom is 0.326 e. The molecule has 1 unspecified atom stereocenters. The minimum absolute atomic E-state index is 0.0157. The van der Waals surface area contributed by atoms with Crippen LogP contribution in [-0.2, 0) is 11.8 Å². The van der Waals surface area contributed by atoms with Gasteiger partial charge in [-0.15, -0.1) is 0 Å². The number of aromatic amines is 1. The summed E-state index contributed by atoms with van der Waals surface area (Å²) in [5.41, 5.74) is 1.83. The van der Waals surface area contributed by atoms with E-state index in [9.17, 15) is 9.59 Å². The first-order chi connectivity index (χ1) is 11.0. The number of hydrogen-bond donors (Lipinski definition) is 1. The summed E-state index contributed by atoms with van der Waals surface area (Å²) in [6.07, 6.45) is 3.30. The van der Waals surface area contributed by atoms with Crippen LogP contribution in [0.5, 0.6) is 0 Å². The number of benzene rings is 1. The lowest BCUT2D eigenvalue weighted by molar-refractivity contribution is -0.176. The van der Waals surface area contributed by atoms with E-state index in [-0.39, 0.29) is 23.3 Å². The Morgan fingerprint density at radius 2 is 2.17 bits per heavy atom. The van der Waals surface area contributed by atoms with Crippen LogP contribution in [0.3, 0.4) is 0 Å². The van der Waals surface area contributed by atoms with Gasteiger partial charge in [-0.05, 0) is 44.4 Å². The van der Waals surface area contributed by atoms with Gasteiger partial charge in [-0.25, -0.2) is 4.79 Å². The maximum absolute atomic E-state index is 12.9. The van der Waals surface area contributed by atoms with E-state index in [1.54, 1.807) is 25.2 Å². The van der Waals surface area contributed by atoms with Crippen molar-refractivity contribution in [3.63, 3.8) is 0 Å². The largest absolute Gasteiger partial charge is 0.368 e. The van der Waals surface area contributed by atoms with E-state index in [0.717, 1.165) is 23.9 Å². The van der Waals surface area contributed by atoms with E-state index in [1.807, 2.05) is 11.8 Å². The highest BCUT2D eigenvalue weighted by Crippen LogP contribution is 2.40. The number of aromatic nitrogens is 2. The molecule has 1 amide bonds. The molecule has 1 saturated carbocycles. The van der Waals surface area contributed by atoms with Gasteiger partial charge < -0.3 is 14.6 Å². The summed E-state index contributed by atoms with van der Waals surface area (Å²) in [4.78, 5) is 29.3. The van der Waals surface area contributed by atoms with Crippen molar-refractivity contribution in [1.29, 1.82) is 0 Å². The number of imidazole rings is 1. The summed E-state index contributed by atoms with van der Waals surface area (Å²) in [5.74, 6) is 0.0157. The fourth-order valence-corrected chi connectivity index (χ4v) is 3.76. The summed E-state index contributed by atoms with van der Waals surface area (Å²) in [6.45, 7) is 3.31. The molecule has 0 bridgehead atoms. The molecule has 1 saturated heterocycles. The smallest absolute Gasteiger partial charge is 0.326 e. The molecule has 1 spiro atoms. The Morgan fingerprint density at radius 3 is 2.87 bits per heavy atom. The molecule has 23 heavy (non-hydrogen) atoms. The Labute approximate surface area is 134 Å². The second kappa shape index (κ2) is 4.96. The molecule has 2 aromatic rings. The molecule has 1 aliphatic carbocycles. The van der Waals surface area contributed by atoms with Crippen LogP contribution in [0.4, 0.5) is 0 Å². The number of carbonyl (C=O) groups excluding carboxylic acids is 1. The third kappa shape index (κ3) is 2.28. The Bertz CT molecular complexity index is 831. The van der Waals surface area contributed by atoms with Crippen molar-refractivity contribution in [2.24, 2.45) is 7.05 Å². The quantitative estimate of drug-likeness (QED) is 0.870. The number of rotatable bonds is 1. The van der Waals surface area contributed by atoms with Gasteiger partial charge in [0, 0.05) is 19.2 Å². The predicted octanol–water partition coefficient (Wildman–Crippen LogP) is 1.65. The SMILES string of the molecule is CC1CN(C(=O)c2ccc3[nH]c(=O)n(C)c3c2)CC2(CCC2)O1. The van der Waals surface area contributed by atoms with Crippen molar-refractivity contribution >= 4 is 16.9 Å². The van der Waals surface area contributed by atoms with Gasteiger partial charge in [0.05, 0.1) is 29.3 Å². The number of H-pyrrole nitrogens is 1. The summed E-state index contributed by atoms with van der Waals surface area (Å²) < 4.78 is 7.60. The Balaban J connectivity index is 1.65. The first-order valence-electron chi connectivity index (χ1n) is 8.13. The van der Waals surface area contributed by atoms with Crippen LogP contribution in [0.15, 0.2) is 23.0 Å². The van der Waals surface area contributed by atoms with E-state index < -0.39 is 0 Å². The summed E-state index contributed by atoms with van der Waals surface area (Å²) in [6, 6.07) is 5.38. The number of morpholine rings is 1. The van der Waals surface area contributed by atoms with E-state index in [2.05, 4.69) is 4.98 Å². The number of nitrogens with one attached hydrogen (secondary N) is 1. The number of amides is 1. The van der Waals surface area contributed by atoms with Gasteiger partial charge in [0.15, 0.2) is 0 Å². The van der Waals surface area contributed by atoms with Crippen LogP contribution in [0, 0.1) is 0 Å². The molecule has 1 aliphatic heterocycles. The third-order valence-corrected chi connectivity index (χ3v) is 5.11. The number of ether oxygens (including phenoxy) is 1. The van der Waals surface area contributed by atoms with E-state index >= 15 is 0 Å². The highest BCUT2D eigenvalue weighted by molar-refractivity contribution is 5.97. The first-order valence-corrected chi connectivity index (χ1v) is 8.13. The predicted molar refractivity (Wildman–Crippen MR) is 86.6 cm³/mol. The number of fused-ring (bicyclic) bond motifs is 1. The number of hydrogen-bond acceptors (Lipinski definition) is 3. The van der Waals surface area contributed by atoms with Crippen LogP contribution in [0.1, 0.15) is 36.5 Å². The lowest BCUT2D eigenvalue weighted by Crippen LogP contribution is -2.59. The highest BCUT2D eigenvalue weighted by Gasteiger charge is 2.45. The fourth-order valence-electron chi connectivity index (χ4n) is 3.76. The molecule has 1 atom stereocenters. The normalized spacial score (nSPS) is 23.2. The fraction of sp³-hybridized carbons (Fsp3) is 0.529. The van der Waals surface area contributed by atoms with Crippen LogP contribution in [-0.4, -0.2) is 45.2 Å². The molecule has 2 fully saturated rings. The lowest BCUT2D eigenvalue weighted by atomic mass is 9.78. The van der Waals surface area contributed by atoms with E-state index in [4.69, 9.17) is 4.74 Å². The zero-order chi connectivity index (χ0) is 16.2. The Morgan fingerprint density at radius 1 is 1.39 bits per heavy atom. The zero-order valence-electron chi connectivity index (χ0n) is 13.5. The molecule has 1 N–H and O–H groups in total. The van der Waals surface area contributed by atoms with Crippen molar-refractivity contribution in [3.8, 4) is 0 Å². The van der Waals surface area contributed by atoms with Gasteiger partial charge in [0.25, 0.3) is 5.91 Å². The number of nitrogens with zero attached hydrogens (tertiary/aromatic N) is 2. The molecule has 4 rings (SSSR count). The lowest BCUT2D eigenvalue weighted by Gasteiger charge is -2.50. The van der Waals surface area contributed by atoms with Gasteiger partial charge >= 0.3 is 5.69 Å². The topological polar surface area (TPSA) is 67.3 Å². The van der Waals surface area contributed by atoms with Crippen molar-refractivity contribution in [1.82, 2.24) is 14.5 Å². The van der Waals surface area contributed by atoms with E-state index in [0.29, 0.717) is 18.7 Å². The second-order valence-corrected chi connectivity index (χ2v) is 6.87. The minimum Gasteiger partial charge on any atom is -0.368 e. The summed E-state index contributed by atoms with van der Waals surface area (Å²) in [7, 11) is 1.70. The maximum atomic E-state index is 12.9. The average molecular weight is 315 g/mol. The van der Waals surface area contributed by atoms with Gasteiger partial charge in [-0.2, -0.15) is 0 Å². The van der Waals surface area contributed by atoms with Crippen LogP contribution in [0.2, 0.25) is 0 Å². The van der Waals surface area contributed by atoms with E-state index in [1.165, 1.54) is 11.0 Å². The van der Waals surface area contributed by atoms with Crippen molar-refractivity contribution in [2.45, 2.75) is 37.9 Å². The van der Waals surface area contributed by atoms with Crippen LogP contribution >= 0.6 is 0 Å². The molecule has 6 nitrogen and oxygen atoms in total. The van der Waals surface area contributed by atoms with Gasteiger partial charge in [0.1, 0.15) is 0 Å². The number of carbonyl (C=O) groups is 1. The molecule has 122 valence electrons. The molecular weight excluding hydrogens is 294 g/mol. The molecular formula is C17H21N3O3. The standard InChI is InChI=1S/C17H21N3O3/c1-11-9-20(10-17(23-11)6-3-7-17)15(21)12-4-5-13-14(8-12)19(2)16(22)18-13/h4-5,8,11H,3,6-7,9-10H2,1-2H3,(H,18,22). The average Bonchev–Trinajstić information content (AvgIpc) is 2.79. The molecule has 1 aromatic heterocycles.